The van der Waals surface area contributed by atoms with Gasteiger partial charge in [-0.05, 0) is 45.7 Å². The highest BCUT2D eigenvalue weighted by molar-refractivity contribution is 7.92. The van der Waals surface area contributed by atoms with Gasteiger partial charge < -0.3 is 4.84 Å². The molecule has 1 aliphatic carbocycles. The van der Waals surface area contributed by atoms with Gasteiger partial charge in [0.05, 0.1) is 5.69 Å². The van der Waals surface area contributed by atoms with Crippen molar-refractivity contribution in [3.05, 3.63) is 30.3 Å². The molecule has 0 heterocycles. The van der Waals surface area contributed by atoms with Crippen molar-refractivity contribution in [3.8, 4) is 0 Å². The van der Waals surface area contributed by atoms with Crippen LogP contribution >= 0.6 is 0 Å². The number of sulfonamides is 1. The van der Waals surface area contributed by atoms with Crippen LogP contribution in [0.2, 0.25) is 0 Å². The molecule has 1 fully saturated rings. The molecular weight excluding hydrogens is 292 g/mol. The van der Waals surface area contributed by atoms with Crippen molar-refractivity contribution >= 4 is 21.7 Å². The lowest BCUT2D eigenvalue weighted by molar-refractivity contribution is -0.141. The van der Waals surface area contributed by atoms with Gasteiger partial charge in [-0.15, -0.1) is 0 Å². The normalized spacial score (nSPS) is 17.1. The van der Waals surface area contributed by atoms with Crippen LogP contribution in [0, 0.1) is 0 Å². The Bertz CT molecular complexity index is 616. The Kier molecular flexibility index (Phi) is 3.99. The van der Waals surface area contributed by atoms with E-state index in [2.05, 4.69) is 10.2 Å². The van der Waals surface area contributed by atoms with E-state index in [1.807, 2.05) is 6.07 Å². The molecule has 0 spiro atoms. The fraction of sp³-hybridized carbons (Fsp3) is 0.500. The molecule has 1 aromatic rings. The van der Waals surface area contributed by atoms with Crippen LogP contribution in [0.1, 0.15) is 33.6 Å². The van der Waals surface area contributed by atoms with Crippen LogP contribution in [0.3, 0.4) is 0 Å². The second-order valence-corrected chi connectivity index (χ2v) is 8.20. The number of rotatable bonds is 5. The summed E-state index contributed by atoms with van der Waals surface area (Å²) in [6.45, 7) is 5.19. The third kappa shape index (κ3) is 3.54. The van der Waals surface area contributed by atoms with Crippen LogP contribution < -0.4 is 10.2 Å². The van der Waals surface area contributed by atoms with Gasteiger partial charge in [0.1, 0.15) is 0 Å². The minimum absolute atomic E-state index is 0.272. The quantitative estimate of drug-likeness (QED) is 0.810. The molecule has 6 nitrogen and oxygen atoms in total. The second-order valence-electron chi connectivity index (χ2n) is 6.21. The van der Waals surface area contributed by atoms with E-state index in [0.717, 1.165) is 0 Å². The van der Waals surface area contributed by atoms with Crippen LogP contribution in [0.15, 0.2) is 30.3 Å². The molecule has 7 heteroatoms. The number of nitrogens with one attached hydrogen (secondary N) is 2. The summed E-state index contributed by atoms with van der Waals surface area (Å²) in [7, 11) is -3.77. The first-order valence-corrected chi connectivity index (χ1v) is 8.20. The molecule has 0 amide bonds. The molecule has 2 rings (SSSR count). The summed E-state index contributed by atoms with van der Waals surface area (Å²) in [5.74, 6) is -0.775. The first-order valence-electron chi connectivity index (χ1n) is 6.72. The fourth-order valence-corrected chi connectivity index (χ4v) is 3.80. The van der Waals surface area contributed by atoms with Gasteiger partial charge in [0.25, 0.3) is 0 Å². The standard InChI is InChI=1S/C14H20N2O4S/c1-13(2,3)16-21(18,19)14(9-10-14)12(17)20-15-11-7-5-4-6-8-11/h4-8,15-16H,9-10H2,1-3H3. The molecule has 2 N–H and O–H groups in total. The Morgan fingerprint density at radius 3 is 2.24 bits per heavy atom. The molecule has 0 aliphatic heterocycles. The Morgan fingerprint density at radius 1 is 1.19 bits per heavy atom. The average molecular weight is 312 g/mol. The lowest BCUT2D eigenvalue weighted by Gasteiger charge is -2.24. The van der Waals surface area contributed by atoms with E-state index in [-0.39, 0.29) is 12.8 Å². The Hall–Kier alpha value is -1.60. The second kappa shape index (κ2) is 5.31. The fourth-order valence-electron chi connectivity index (χ4n) is 1.90. The van der Waals surface area contributed by atoms with Gasteiger partial charge in [0, 0.05) is 5.54 Å². The minimum atomic E-state index is -3.77. The molecule has 0 atom stereocenters. The number of carbonyl (C=O) groups is 1. The predicted molar refractivity (Wildman–Crippen MR) is 79.9 cm³/mol. The zero-order valence-corrected chi connectivity index (χ0v) is 13.2. The molecule has 0 saturated heterocycles. The highest BCUT2D eigenvalue weighted by Crippen LogP contribution is 2.44. The van der Waals surface area contributed by atoms with E-state index in [1.165, 1.54) is 0 Å². The van der Waals surface area contributed by atoms with E-state index in [0.29, 0.717) is 5.69 Å². The van der Waals surface area contributed by atoms with Crippen LogP contribution in [-0.4, -0.2) is 24.7 Å². The van der Waals surface area contributed by atoms with Crippen molar-refractivity contribution in [2.75, 3.05) is 5.48 Å². The first-order chi connectivity index (χ1) is 9.66. The summed E-state index contributed by atoms with van der Waals surface area (Å²) < 4.78 is 25.7. The number of hydrogen-bond donors (Lipinski definition) is 2. The number of benzene rings is 1. The topological polar surface area (TPSA) is 84.5 Å². The lowest BCUT2D eigenvalue weighted by atomic mass is 10.1. The van der Waals surface area contributed by atoms with Crippen LogP contribution in [0.25, 0.3) is 0 Å². The number of anilines is 1. The molecule has 0 bridgehead atoms. The van der Waals surface area contributed by atoms with Crippen molar-refractivity contribution in [2.45, 2.75) is 43.9 Å². The Labute approximate surface area is 124 Å². The molecule has 1 aromatic carbocycles. The smallest absolute Gasteiger partial charge is 0.342 e. The minimum Gasteiger partial charge on any atom is -0.342 e. The maximum Gasteiger partial charge on any atom is 0.354 e. The van der Waals surface area contributed by atoms with Crippen LogP contribution in [-0.2, 0) is 19.7 Å². The van der Waals surface area contributed by atoms with Gasteiger partial charge in [-0.2, -0.15) is 0 Å². The van der Waals surface area contributed by atoms with Gasteiger partial charge in [0.15, 0.2) is 4.75 Å². The van der Waals surface area contributed by atoms with Crippen molar-refractivity contribution in [1.82, 2.24) is 4.72 Å². The summed E-state index contributed by atoms with van der Waals surface area (Å²) in [6.07, 6.45) is 0.543. The number of carbonyl (C=O) groups excluding carboxylic acids is 1. The zero-order valence-electron chi connectivity index (χ0n) is 12.3. The molecule has 0 aromatic heterocycles. The van der Waals surface area contributed by atoms with Crippen LogP contribution in [0.5, 0.6) is 0 Å². The average Bonchev–Trinajstić information content (AvgIpc) is 3.16. The molecule has 0 radical (unpaired) electrons. The Balaban J connectivity index is 2.05. The molecule has 1 saturated carbocycles. The summed E-state index contributed by atoms with van der Waals surface area (Å²) in [5, 5.41) is 0. The predicted octanol–water partition coefficient (Wildman–Crippen LogP) is 1.81. The summed E-state index contributed by atoms with van der Waals surface area (Å²) >= 11 is 0. The largest absolute Gasteiger partial charge is 0.354 e. The summed E-state index contributed by atoms with van der Waals surface area (Å²) in [4.78, 5) is 17.1. The Morgan fingerprint density at radius 2 is 1.76 bits per heavy atom. The van der Waals surface area contributed by atoms with E-state index < -0.39 is 26.3 Å². The van der Waals surface area contributed by atoms with Gasteiger partial charge >= 0.3 is 5.97 Å². The first kappa shape index (κ1) is 15.8. The number of para-hydroxylation sites is 1. The highest BCUT2D eigenvalue weighted by Gasteiger charge is 2.63. The summed E-state index contributed by atoms with van der Waals surface area (Å²) in [5.41, 5.74) is 2.43. The molecular formula is C14H20N2O4S. The van der Waals surface area contributed by atoms with Gasteiger partial charge in [-0.1, -0.05) is 18.2 Å². The van der Waals surface area contributed by atoms with E-state index in [4.69, 9.17) is 4.84 Å². The highest BCUT2D eigenvalue weighted by atomic mass is 32.2. The van der Waals surface area contributed by atoms with E-state index in [1.54, 1.807) is 45.0 Å². The zero-order chi connectivity index (χ0) is 15.7. The third-order valence-electron chi connectivity index (χ3n) is 3.07. The van der Waals surface area contributed by atoms with Gasteiger partial charge in [-0.25, -0.2) is 23.4 Å². The van der Waals surface area contributed by atoms with E-state index in [9.17, 15) is 13.2 Å². The third-order valence-corrected chi connectivity index (χ3v) is 5.55. The summed E-state index contributed by atoms with van der Waals surface area (Å²) in [6, 6.07) is 8.82. The molecule has 116 valence electrons. The van der Waals surface area contributed by atoms with Crippen molar-refractivity contribution in [2.24, 2.45) is 0 Å². The van der Waals surface area contributed by atoms with Crippen molar-refractivity contribution < 1.29 is 18.0 Å². The van der Waals surface area contributed by atoms with Crippen LogP contribution in [0.4, 0.5) is 5.69 Å². The molecule has 0 unspecified atom stereocenters. The maximum atomic E-state index is 12.3. The molecule has 21 heavy (non-hydrogen) atoms. The maximum absolute atomic E-state index is 12.3. The van der Waals surface area contributed by atoms with E-state index >= 15 is 0 Å². The van der Waals surface area contributed by atoms with Gasteiger partial charge in [0.2, 0.25) is 10.0 Å². The SMILES string of the molecule is CC(C)(C)NS(=O)(=O)C1(C(=O)ONc2ccccc2)CC1. The number of hydrogen-bond acceptors (Lipinski definition) is 5. The van der Waals surface area contributed by atoms with Crippen molar-refractivity contribution in [1.29, 1.82) is 0 Å². The van der Waals surface area contributed by atoms with Crippen molar-refractivity contribution in [3.63, 3.8) is 0 Å². The monoisotopic (exact) mass is 312 g/mol. The van der Waals surface area contributed by atoms with Gasteiger partial charge in [-0.3, -0.25) is 0 Å². The molecule has 1 aliphatic rings. The lowest BCUT2D eigenvalue weighted by Crippen LogP contribution is -2.50.